The summed E-state index contributed by atoms with van der Waals surface area (Å²) < 4.78 is 13.4. The Labute approximate surface area is 106 Å². The molecule has 4 nitrogen and oxygen atoms in total. The largest absolute Gasteiger partial charge is 0.366 e. The molecule has 0 aliphatic carbocycles. The number of thiophene rings is 1. The molecule has 0 atom stereocenters. The summed E-state index contributed by atoms with van der Waals surface area (Å²) in [7, 11) is 0. The SMILES string of the molecule is NC(=O)c1ccsc1NC(=O)c1ccccc1F. The van der Waals surface area contributed by atoms with Gasteiger partial charge in [0.25, 0.3) is 11.8 Å². The first-order chi connectivity index (χ1) is 8.59. The molecule has 0 aliphatic rings. The van der Waals surface area contributed by atoms with E-state index in [0.29, 0.717) is 5.00 Å². The second kappa shape index (κ2) is 4.97. The molecule has 0 fully saturated rings. The number of primary amides is 1. The zero-order valence-electron chi connectivity index (χ0n) is 9.14. The molecule has 0 aliphatic heterocycles. The van der Waals surface area contributed by atoms with E-state index in [-0.39, 0.29) is 11.1 Å². The highest BCUT2D eigenvalue weighted by Crippen LogP contribution is 2.23. The maximum Gasteiger partial charge on any atom is 0.259 e. The van der Waals surface area contributed by atoms with Crippen LogP contribution in [0.25, 0.3) is 0 Å². The van der Waals surface area contributed by atoms with Crippen LogP contribution in [0.5, 0.6) is 0 Å². The lowest BCUT2D eigenvalue weighted by atomic mass is 10.2. The van der Waals surface area contributed by atoms with Gasteiger partial charge in [-0.25, -0.2) is 4.39 Å². The Hall–Kier alpha value is -2.21. The Morgan fingerprint density at radius 3 is 2.56 bits per heavy atom. The number of carbonyl (C=O) groups is 2. The lowest BCUT2D eigenvalue weighted by molar-refractivity contribution is 0.100. The number of hydrogen-bond acceptors (Lipinski definition) is 3. The van der Waals surface area contributed by atoms with Crippen LogP contribution in [0.15, 0.2) is 35.7 Å². The molecule has 1 aromatic heterocycles. The standard InChI is InChI=1S/C12H9FN2O2S/c13-9-4-2-1-3-7(9)11(17)15-12-8(10(14)16)5-6-18-12/h1-6H,(H2,14,16)(H,15,17). The van der Waals surface area contributed by atoms with Crippen molar-refractivity contribution in [3.8, 4) is 0 Å². The highest BCUT2D eigenvalue weighted by atomic mass is 32.1. The first-order valence-corrected chi connectivity index (χ1v) is 5.90. The molecule has 18 heavy (non-hydrogen) atoms. The van der Waals surface area contributed by atoms with Crippen molar-refractivity contribution < 1.29 is 14.0 Å². The molecule has 2 rings (SSSR count). The van der Waals surface area contributed by atoms with Gasteiger partial charge in [-0.1, -0.05) is 12.1 Å². The summed E-state index contributed by atoms with van der Waals surface area (Å²) in [4.78, 5) is 22.9. The molecule has 0 radical (unpaired) electrons. The first-order valence-electron chi connectivity index (χ1n) is 5.03. The molecule has 3 N–H and O–H groups in total. The van der Waals surface area contributed by atoms with Gasteiger partial charge in [-0.3, -0.25) is 9.59 Å². The van der Waals surface area contributed by atoms with Gasteiger partial charge in [0.15, 0.2) is 0 Å². The van der Waals surface area contributed by atoms with E-state index in [0.717, 1.165) is 11.3 Å². The van der Waals surface area contributed by atoms with Crippen LogP contribution in [0.4, 0.5) is 9.39 Å². The Morgan fingerprint density at radius 1 is 1.17 bits per heavy atom. The normalized spacial score (nSPS) is 10.1. The minimum absolute atomic E-state index is 0.0821. The number of nitrogens with two attached hydrogens (primary N) is 1. The molecule has 0 saturated heterocycles. The number of benzene rings is 1. The van der Waals surface area contributed by atoms with Gasteiger partial charge in [0.1, 0.15) is 10.8 Å². The van der Waals surface area contributed by atoms with Crippen LogP contribution in [0.2, 0.25) is 0 Å². The van der Waals surface area contributed by atoms with Crippen LogP contribution in [-0.2, 0) is 0 Å². The molecule has 0 unspecified atom stereocenters. The van der Waals surface area contributed by atoms with E-state index >= 15 is 0 Å². The average molecular weight is 264 g/mol. The quantitative estimate of drug-likeness (QED) is 0.892. The Morgan fingerprint density at radius 2 is 1.89 bits per heavy atom. The third-order valence-corrected chi connectivity index (χ3v) is 3.11. The molecule has 6 heteroatoms. The van der Waals surface area contributed by atoms with Gasteiger partial charge in [0, 0.05) is 0 Å². The summed E-state index contributed by atoms with van der Waals surface area (Å²) in [5, 5.41) is 4.41. The van der Waals surface area contributed by atoms with Crippen LogP contribution in [0.3, 0.4) is 0 Å². The second-order valence-corrected chi connectivity index (χ2v) is 4.38. The van der Waals surface area contributed by atoms with E-state index < -0.39 is 17.6 Å². The van der Waals surface area contributed by atoms with Gasteiger partial charge in [0.05, 0.1) is 11.1 Å². The summed E-state index contributed by atoms with van der Waals surface area (Å²) >= 11 is 1.15. The molecule has 0 bridgehead atoms. The third kappa shape index (κ3) is 2.38. The van der Waals surface area contributed by atoms with Crippen LogP contribution in [0, 0.1) is 5.82 Å². The van der Waals surface area contributed by atoms with E-state index in [9.17, 15) is 14.0 Å². The third-order valence-electron chi connectivity index (χ3n) is 2.28. The monoisotopic (exact) mass is 264 g/mol. The number of anilines is 1. The van der Waals surface area contributed by atoms with Crippen molar-refractivity contribution >= 4 is 28.2 Å². The van der Waals surface area contributed by atoms with Gasteiger partial charge in [-0.2, -0.15) is 0 Å². The van der Waals surface area contributed by atoms with Gasteiger partial charge >= 0.3 is 0 Å². The zero-order valence-corrected chi connectivity index (χ0v) is 9.96. The summed E-state index contributed by atoms with van der Waals surface area (Å²) in [5.74, 6) is -1.87. The molecular formula is C12H9FN2O2S. The van der Waals surface area contributed by atoms with Gasteiger partial charge in [-0.05, 0) is 23.6 Å². The van der Waals surface area contributed by atoms with Crippen LogP contribution in [-0.4, -0.2) is 11.8 Å². The van der Waals surface area contributed by atoms with E-state index in [1.54, 1.807) is 11.4 Å². The molecule has 0 saturated carbocycles. The van der Waals surface area contributed by atoms with E-state index in [1.165, 1.54) is 24.3 Å². The Bertz CT molecular complexity index is 610. The maximum atomic E-state index is 13.4. The molecule has 2 amide bonds. The van der Waals surface area contributed by atoms with Crippen molar-refractivity contribution in [2.45, 2.75) is 0 Å². The highest BCUT2D eigenvalue weighted by Gasteiger charge is 2.15. The van der Waals surface area contributed by atoms with Gasteiger partial charge in [-0.15, -0.1) is 11.3 Å². The number of carbonyl (C=O) groups excluding carboxylic acids is 2. The predicted molar refractivity (Wildman–Crippen MR) is 67.2 cm³/mol. The fourth-order valence-electron chi connectivity index (χ4n) is 1.42. The Balaban J connectivity index is 2.25. The highest BCUT2D eigenvalue weighted by molar-refractivity contribution is 7.14. The van der Waals surface area contributed by atoms with Crippen LogP contribution in [0.1, 0.15) is 20.7 Å². The van der Waals surface area contributed by atoms with Gasteiger partial charge < -0.3 is 11.1 Å². The summed E-state index contributed by atoms with van der Waals surface area (Å²) in [6.45, 7) is 0. The maximum absolute atomic E-state index is 13.4. The smallest absolute Gasteiger partial charge is 0.259 e. The second-order valence-electron chi connectivity index (χ2n) is 3.46. The molecule has 2 aromatic rings. The van der Waals surface area contributed by atoms with Crippen molar-refractivity contribution in [1.82, 2.24) is 0 Å². The average Bonchev–Trinajstić information content (AvgIpc) is 2.77. The number of halogens is 1. The number of rotatable bonds is 3. The van der Waals surface area contributed by atoms with E-state index in [2.05, 4.69) is 5.32 Å². The molecule has 92 valence electrons. The van der Waals surface area contributed by atoms with E-state index in [1.807, 2.05) is 0 Å². The van der Waals surface area contributed by atoms with Crippen LogP contribution < -0.4 is 11.1 Å². The van der Waals surface area contributed by atoms with E-state index in [4.69, 9.17) is 5.73 Å². The molecule has 1 heterocycles. The Kier molecular flexibility index (Phi) is 3.38. The van der Waals surface area contributed by atoms with Crippen molar-refractivity contribution in [2.75, 3.05) is 5.32 Å². The van der Waals surface area contributed by atoms with Crippen molar-refractivity contribution in [3.63, 3.8) is 0 Å². The number of amides is 2. The van der Waals surface area contributed by atoms with Gasteiger partial charge in [0.2, 0.25) is 0 Å². The summed E-state index contributed by atoms with van der Waals surface area (Å²) in [6, 6.07) is 7.11. The molecular weight excluding hydrogens is 255 g/mol. The fourth-order valence-corrected chi connectivity index (χ4v) is 2.20. The lowest BCUT2D eigenvalue weighted by Gasteiger charge is -2.05. The number of hydrogen-bond donors (Lipinski definition) is 2. The van der Waals surface area contributed by atoms with Crippen molar-refractivity contribution in [1.29, 1.82) is 0 Å². The minimum Gasteiger partial charge on any atom is -0.366 e. The lowest BCUT2D eigenvalue weighted by Crippen LogP contribution is -2.17. The van der Waals surface area contributed by atoms with Crippen LogP contribution >= 0.6 is 11.3 Å². The fraction of sp³-hybridized carbons (Fsp3) is 0. The molecule has 0 spiro atoms. The predicted octanol–water partition coefficient (Wildman–Crippen LogP) is 2.24. The summed E-state index contributed by atoms with van der Waals surface area (Å²) in [5.41, 5.74) is 5.28. The minimum atomic E-state index is -0.639. The number of nitrogens with one attached hydrogen (secondary N) is 1. The first kappa shape index (κ1) is 12.3. The van der Waals surface area contributed by atoms with Crippen molar-refractivity contribution in [3.05, 3.63) is 52.7 Å². The topological polar surface area (TPSA) is 72.2 Å². The summed E-state index contributed by atoms with van der Waals surface area (Å²) in [6.07, 6.45) is 0. The van der Waals surface area contributed by atoms with Crippen molar-refractivity contribution in [2.24, 2.45) is 5.73 Å². The molecule has 1 aromatic carbocycles. The zero-order chi connectivity index (χ0) is 13.1.